The maximum atomic E-state index is 12.0. The Bertz CT molecular complexity index is 441. The summed E-state index contributed by atoms with van der Waals surface area (Å²) in [5.74, 6) is 1.44. The van der Waals surface area contributed by atoms with Gasteiger partial charge < -0.3 is 10.2 Å². The standard InChI is InChI=1S/C14H22N4O/c1-3-4-7-15-14(19)12-10-13(17-11(2)16-12)18-8-5-6-9-18/h10H,3-9H2,1-2H3,(H,15,19). The number of carbonyl (C=O) groups excluding carboxylic acids is 1. The second kappa shape index (κ2) is 6.50. The minimum Gasteiger partial charge on any atom is -0.356 e. The van der Waals surface area contributed by atoms with E-state index in [2.05, 4.69) is 27.1 Å². The number of aromatic nitrogens is 2. The van der Waals surface area contributed by atoms with Crippen LogP contribution in [0.3, 0.4) is 0 Å². The topological polar surface area (TPSA) is 58.1 Å². The molecule has 0 spiro atoms. The van der Waals surface area contributed by atoms with Gasteiger partial charge in [0.05, 0.1) is 0 Å². The molecule has 2 rings (SSSR count). The van der Waals surface area contributed by atoms with Crippen LogP contribution in [-0.2, 0) is 0 Å². The number of anilines is 1. The van der Waals surface area contributed by atoms with Crippen LogP contribution in [0.15, 0.2) is 6.07 Å². The molecule has 0 radical (unpaired) electrons. The molecule has 0 bridgehead atoms. The highest BCUT2D eigenvalue weighted by molar-refractivity contribution is 5.92. The molecule has 0 aliphatic carbocycles. The molecule has 1 N–H and O–H groups in total. The number of nitrogens with one attached hydrogen (secondary N) is 1. The van der Waals surface area contributed by atoms with Gasteiger partial charge in [-0.2, -0.15) is 0 Å². The number of hydrogen-bond acceptors (Lipinski definition) is 4. The Hall–Kier alpha value is -1.65. The van der Waals surface area contributed by atoms with E-state index in [-0.39, 0.29) is 5.91 Å². The molecule has 0 atom stereocenters. The van der Waals surface area contributed by atoms with Crippen LogP contribution >= 0.6 is 0 Å². The molecule has 1 saturated heterocycles. The van der Waals surface area contributed by atoms with Crippen molar-refractivity contribution in [1.82, 2.24) is 15.3 Å². The fraction of sp³-hybridized carbons (Fsp3) is 0.643. The lowest BCUT2D eigenvalue weighted by Crippen LogP contribution is -2.27. The lowest BCUT2D eigenvalue weighted by atomic mass is 10.3. The van der Waals surface area contributed by atoms with Crippen LogP contribution in [0.5, 0.6) is 0 Å². The molecule has 0 aromatic carbocycles. The fourth-order valence-corrected chi connectivity index (χ4v) is 2.25. The first kappa shape index (κ1) is 13.8. The summed E-state index contributed by atoms with van der Waals surface area (Å²) in [4.78, 5) is 22.9. The van der Waals surface area contributed by atoms with E-state index in [9.17, 15) is 4.79 Å². The Morgan fingerprint density at radius 1 is 1.37 bits per heavy atom. The van der Waals surface area contributed by atoms with Crippen molar-refractivity contribution in [3.05, 3.63) is 17.6 Å². The van der Waals surface area contributed by atoms with Gasteiger partial charge in [-0.3, -0.25) is 4.79 Å². The van der Waals surface area contributed by atoms with Crippen LogP contribution in [-0.4, -0.2) is 35.5 Å². The van der Waals surface area contributed by atoms with Gasteiger partial charge in [-0.1, -0.05) is 13.3 Å². The van der Waals surface area contributed by atoms with Crippen LogP contribution in [0.1, 0.15) is 48.9 Å². The molecule has 104 valence electrons. The Morgan fingerprint density at radius 3 is 2.79 bits per heavy atom. The van der Waals surface area contributed by atoms with Crippen LogP contribution in [0.25, 0.3) is 0 Å². The third kappa shape index (κ3) is 3.66. The normalized spacial score (nSPS) is 14.7. The number of amides is 1. The van der Waals surface area contributed by atoms with Crippen LogP contribution in [0.2, 0.25) is 0 Å². The number of hydrogen-bond donors (Lipinski definition) is 1. The molecule has 0 saturated carbocycles. The Kier molecular flexibility index (Phi) is 4.71. The van der Waals surface area contributed by atoms with Crippen molar-refractivity contribution in [2.45, 2.75) is 39.5 Å². The Morgan fingerprint density at radius 2 is 2.11 bits per heavy atom. The van der Waals surface area contributed by atoms with Gasteiger partial charge in [0.1, 0.15) is 17.3 Å². The van der Waals surface area contributed by atoms with Crippen molar-refractivity contribution in [2.75, 3.05) is 24.5 Å². The third-order valence-electron chi connectivity index (χ3n) is 3.30. The zero-order valence-corrected chi connectivity index (χ0v) is 11.8. The van der Waals surface area contributed by atoms with Gasteiger partial charge >= 0.3 is 0 Å². The molecule has 1 amide bonds. The maximum absolute atomic E-state index is 12.0. The van der Waals surface area contributed by atoms with E-state index in [4.69, 9.17) is 0 Å². The monoisotopic (exact) mass is 262 g/mol. The number of carbonyl (C=O) groups is 1. The predicted octanol–water partition coefficient (Wildman–Crippen LogP) is 1.92. The van der Waals surface area contributed by atoms with E-state index < -0.39 is 0 Å². The quantitative estimate of drug-likeness (QED) is 0.824. The number of unbranched alkanes of at least 4 members (excludes halogenated alkanes) is 1. The van der Waals surface area contributed by atoms with Crippen LogP contribution in [0.4, 0.5) is 5.82 Å². The van der Waals surface area contributed by atoms with Crippen molar-refractivity contribution in [3.8, 4) is 0 Å². The van der Waals surface area contributed by atoms with Crippen molar-refractivity contribution in [2.24, 2.45) is 0 Å². The van der Waals surface area contributed by atoms with Crippen molar-refractivity contribution < 1.29 is 4.79 Å². The van der Waals surface area contributed by atoms with Gasteiger partial charge in [0.2, 0.25) is 0 Å². The first-order chi connectivity index (χ1) is 9.20. The van der Waals surface area contributed by atoms with Gasteiger partial charge in [0.15, 0.2) is 0 Å². The molecule has 1 aliphatic rings. The number of aryl methyl sites for hydroxylation is 1. The van der Waals surface area contributed by atoms with E-state index in [1.807, 2.05) is 6.92 Å². The van der Waals surface area contributed by atoms with Gasteiger partial charge in [-0.15, -0.1) is 0 Å². The first-order valence-corrected chi connectivity index (χ1v) is 7.09. The van der Waals surface area contributed by atoms with Gasteiger partial charge in [0.25, 0.3) is 5.91 Å². The summed E-state index contributed by atoms with van der Waals surface area (Å²) < 4.78 is 0. The summed E-state index contributed by atoms with van der Waals surface area (Å²) in [6, 6.07) is 1.81. The number of rotatable bonds is 5. The van der Waals surface area contributed by atoms with E-state index >= 15 is 0 Å². The molecule has 1 fully saturated rings. The molecular weight excluding hydrogens is 240 g/mol. The molecular formula is C14H22N4O. The largest absolute Gasteiger partial charge is 0.356 e. The Balaban J connectivity index is 2.09. The molecule has 5 nitrogen and oxygen atoms in total. The van der Waals surface area contributed by atoms with Gasteiger partial charge in [-0.05, 0) is 26.2 Å². The average molecular weight is 262 g/mol. The van der Waals surface area contributed by atoms with E-state index in [0.29, 0.717) is 18.1 Å². The van der Waals surface area contributed by atoms with Crippen LogP contribution in [0, 0.1) is 6.92 Å². The van der Waals surface area contributed by atoms with Crippen molar-refractivity contribution in [1.29, 1.82) is 0 Å². The van der Waals surface area contributed by atoms with Crippen LogP contribution < -0.4 is 10.2 Å². The predicted molar refractivity (Wildman–Crippen MR) is 75.5 cm³/mol. The smallest absolute Gasteiger partial charge is 0.270 e. The van der Waals surface area contributed by atoms with Crippen molar-refractivity contribution >= 4 is 11.7 Å². The highest BCUT2D eigenvalue weighted by Crippen LogP contribution is 2.18. The second-order valence-corrected chi connectivity index (χ2v) is 4.96. The lowest BCUT2D eigenvalue weighted by molar-refractivity contribution is 0.0948. The lowest BCUT2D eigenvalue weighted by Gasteiger charge is -2.17. The summed E-state index contributed by atoms with van der Waals surface area (Å²) in [6.45, 7) is 6.69. The minimum absolute atomic E-state index is 0.0978. The zero-order valence-electron chi connectivity index (χ0n) is 11.8. The second-order valence-electron chi connectivity index (χ2n) is 4.96. The third-order valence-corrected chi connectivity index (χ3v) is 3.30. The first-order valence-electron chi connectivity index (χ1n) is 7.09. The Labute approximate surface area is 114 Å². The molecule has 1 aliphatic heterocycles. The zero-order chi connectivity index (χ0) is 13.7. The van der Waals surface area contributed by atoms with Gasteiger partial charge in [0, 0.05) is 25.7 Å². The summed E-state index contributed by atoms with van der Waals surface area (Å²) in [7, 11) is 0. The average Bonchev–Trinajstić information content (AvgIpc) is 2.92. The minimum atomic E-state index is -0.0978. The SMILES string of the molecule is CCCCNC(=O)c1cc(N2CCCC2)nc(C)n1. The summed E-state index contributed by atoms with van der Waals surface area (Å²) >= 11 is 0. The maximum Gasteiger partial charge on any atom is 0.270 e. The molecule has 5 heteroatoms. The van der Waals surface area contributed by atoms with E-state index in [1.54, 1.807) is 6.07 Å². The van der Waals surface area contributed by atoms with E-state index in [0.717, 1.165) is 31.7 Å². The summed E-state index contributed by atoms with van der Waals surface area (Å²) in [5.41, 5.74) is 0.477. The van der Waals surface area contributed by atoms with Gasteiger partial charge in [-0.25, -0.2) is 9.97 Å². The van der Waals surface area contributed by atoms with E-state index in [1.165, 1.54) is 12.8 Å². The highest BCUT2D eigenvalue weighted by atomic mass is 16.1. The molecule has 2 heterocycles. The fourth-order valence-electron chi connectivity index (χ4n) is 2.25. The summed E-state index contributed by atoms with van der Waals surface area (Å²) in [5, 5.41) is 2.90. The molecule has 0 unspecified atom stereocenters. The summed E-state index contributed by atoms with van der Waals surface area (Å²) in [6.07, 6.45) is 4.46. The number of nitrogens with zero attached hydrogens (tertiary/aromatic N) is 3. The molecule has 1 aromatic heterocycles. The molecule has 19 heavy (non-hydrogen) atoms. The highest BCUT2D eigenvalue weighted by Gasteiger charge is 2.17. The van der Waals surface area contributed by atoms with Crippen molar-refractivity contribution in [3.63, 3.8) is 0 Å². The molecule has 1 aromatic rings.